The molecule has 222 valence electrons. The molecule has 43 heavy (non-hydrogen) atoms. The van der Waals surface area contributed by atoms with Gasteiger partial charge in [-0.1, -0.05) is 30.3 Å². The van der Waals surface area contributed by atoms with Crippen LogP contribution in [0.15, 0.2) is 54.6 Å². The topological polar surface area (TPSA) is 80.0 Å². The Morgan fingerprint density at radius 3 is 2.65 bits per heavy atom. The van der Waals surface area contributed by atoms with E-state index in [0.29, 0.717) is 42.2 Å². The summed E-state index contributed by atoms with van der Waals surface area (Å²) in [4.78, 5) is 34.7. The van der Waals surface area contributed by atoms with Crippen molar-refractivity contribution in [3.8, 4) is 11.3 Å². The van der Waals surface area contributed by atoms with Crippen molar-refractivity contribution in [2.45, 2.75) is 57.9 Å². The molecule has 0 N–H and O–H groups in total. The highest BCUT2D eigenvalue weighted by molar-refractivity contribution is 5.94. The molecule has 9 heteroatoms. The predicted molar refractivity (Wildman–Crippen MR) is 162 cm³/mol. The zero-order valence-corrected chi connectivity index (χ0v) is 24.6. The van der Waals surface area contributed by atoms with E-state index in [1.165, 1.54) is 11.1 Å². The van der Waals surface area contributed by atoms with Crippen LogP contribution in [0.1, 0.15) is 78.7 Å². The average Bonchev–Trinajstić information content (AvgIpc) is 3.36. The van der Waals surface area contributed by atoms with Gasteiger partial charge in [-0.2, -0.15) is 9.61 Å². The second kappa shape index (κ2) is 11.1. The molecule has 1 saturated carbocycles. The third-order valence-electron chi connectivity index (χ3n) is 9.27. The van der Waals surface area contributed by atoms with Crippen molar-refractivity contribution in [1.82, 2.24) is 19.5 Å². The maximum Gasteiger partial charge on any atom is 0.306 e. The second-order valence-electron chi connectivity index (χ2n) is 12.0. The number of halogens is 1. The number of anilines is 1. The summed E-state index contributed by atoms with van der Waals surface area (Å²) in [6, 6.07) is 17.1. The number of amides is 1. The molecule has 2 aromatic heterocycles. The third-order valence-corrected chi connectivity index (χ3v) is 9.27. The molecule has 0 radical (unpaired) electrons. The first-order valence-corrected chi connectivity index (χ1v) is 15.4. The molecule has 3 atom stereocenters. The second-order valence-corrected chi connectivity index (χ2v) is 12.0. The minimum atomic E-state index is -0.359. The Bertz CT molecular complexity index is 1710. The SMILES string of the molecule is CCOC(=O)C[C@H]1C[C@@H]1c1ccc(-c2cc3nc(C(=O)N4CCc5ccccc5[C@H]4C)cc(N4CCCC4)n3n2)c(F)c1. The molecule has 1 saturated heterocycles. The van der Waals surface area contributed by atoms with Gasteiger partial charge in [-0.3, -0.25) is 9.59 Å². The summed E-state index contributed by atoms with van der Waals surface area (Å²) in [5, 5.41) is 4.80. The molecule has 0 spiro atoms. The molecule has 0 bridgehead atoms. The van der Waals surface area contributed by atoms with Gasteiger partial charge in [-0.05, 0) is 80.2 Å². The number of nitrogens with zero attached hydrogens (tertiary/aromatic N) is 5. The Balaban J connectivity index is 1.19. The number of benzene rings is 2. The Labute approximate surface area is 250 Å². The first kappa shape index (κ1) is 27.6. The van der Waals surface area contributed by atoms with Crippen LogP contribution in [0.3, 0.4) is 0 Å². The van der Waals surface area contributed by atoms with Crippen molar-refractivity contribution in [2.75, 3.05) is 31.1 Å². The number of esters is 1. The summed E-state index contributed by atoms with van der Waals surface area (Å²) in [5.41, 5.74) is 5.11. The monoisotopic (exact) mass is 581 g/mol. The van der Waals surface area contributed by atoms with E-state index in [2.05, 4.69) is 24.0 Å². The van der Waals surface area contributed by atoms with E-state index in [4.69, 9.17) is 14.8 Å². The van der Waals surface area contributed by atoms with Crippen LogP contribution in [-0.2, 0) is 16.0 Å². The molecule has 2 fully saturated rings. The molecule has 0 unspecified atom stereocenters. The molecule has 7 rings (SSSR count). The average molecular weight is 582 g/mol. The first-order valence-electron chi connectivity index (χ1n) is 15.4. The van der Waals surface area contributed by atoms with Crippen molar-refractivity contribution in [3.63, 3.8) is 0 Å². The number of hydrogen-bond acceptors (Lipinski definition) is 6. The summed E-state index contributed by atoms with van der Waals surface area (Å²) >= 11 is 0. The van der Waals surface area contributed by atoms with Crippen molar-refractivity contribution in [1.29, 1.82) is 0 Å². The number of hydrogen-bond donors (Lipinski definition) is 0. The van der Waals surface area contributed by atoms with Crippen LogP contribution in [0, 0.1) is 11.7 Å². The molecule has 4 heterocycles. The highest BCUT2D eigenvalue weighted by Gasteiger charge is 2.40. The van der Waals surface area contributed by atoms with E-state index in [-0.39, 0.29) is 35.6 Å². The van der Waals surface area contributed by atoms with E-state index in [0.717, 1.165) is 50.2 Å². The Kier molecular flexibility index (Phi) is 7.11. The highest BCUT2D eigenvalue weighted by Crippen LogP contribution is 2.50. The minimum absolute atomic E-state index is 0.0536. The normalized spacial score (nSPS) is 21.2. The smallest absolute Gasteiger partial charge is 0.306 e. The maximum absolute atomic E-state index is 15.5. The van der Waals surface area contributed by atoms with Gasteiger partial charge in [0.1, 0.15) is 17.3 Å². The lowest BCUT2D eigenvalue weighted by molar-refractivity contribution is -0.143. The van der Waals surface area contributed by atoms with Gasteiger partial charge in [0.15, 0.2) is 5.65 Å². The van der Waals surface area contributed by atoms with Gasteiger partial charge in [0, 0.05) is 43.8 Å². The number of rotatable bonds is 7. The van der Waals surface area contributed by atoms with E-state index >= 15 is 4.39 Å². The van der Waals surface area contributed by atoms with Crippen molar-refractivity contribution in [3.05, 3.63) is 82.8 Å². The van der Waals surface area contributed by atoms with Gasteiger partial charge in [0.05, 0.1) is 18.3 Å². The van der Waals surface area contributed by atoms with Gasteiger partial charge in [-0.25, -0.2) is 9.37 Å². The maximum atomic E-state index is 15.5. The molecule has 8 nitrogen and oxygen atoms in total. The molecule has 2 aliphatic heterocycles. The Morgan fingerprint density at radius 1 is 1.05 bits per heavy atom. The molecular formula is C34H36FN5O3. The number of fused-ring (bicyclic) bond motifs is 2. The van der Waals surface area contributed by atoms with Crippen LogP contribution in [-0.4, -0.2) is 57.6 Å². The fourth-order valence-corrected chi connectivity index (χ4v) is 6.85. The zero-order chi connectivity index (χ0) is 29.7. The quantitative estimate of drug-likeness (QED) is 0.251. The molecule has 4 aromatic rings. The number of ether oxygens (including phenoxy) is 1. The van der Waals surface area contributed by atoms with E-state index in [1.54, 1.807) is 29.6 Å². The summed E-state index contributed by atoms with van der Waals surface area (Å²) < 4.78 is 22.4. The van der Waals surface area contributed by atoms with Crippen molar-refractivity contribution in [2.24, 2.45) is 5.92 Å². The van der Waals surface area contributed by atoms with Gasteiger partial charge < -0.3 is 14.5 Å². The third kappa shape index (κ3) is 5.15. The molecule has 2 aromatic carbocycles. The summed E-state index contributed by atoms with van der Waals surface area (Å²) in [5.74, 6) is 0.496. The summed E-state index contributed by atoms with van der Waals surface area (Å²) in [6.45, 7) is 6.60. The van der Waals surface area contributed by atoms with Crippen molar-refractivity contribution < 1.29 is 18.7 Å². The number of aromatic nitrogens is 3. The lowest BCUT2D eigenvalue weighted by atomic mass is 9.93. The lowest BCUT2D eigenvalue weighted by Gasteiger charge is -2.35. The first-order chi connectivity index (χ1) is 20.9. The Morgan fingerprint density at radius 2 is 1.86 bits per heavy atom. The predicted octanol–water partition coefficient (Wildman–Crippen LogP) is 5.95. The van der Waals surface area contributed by atoms with E-state index < -0.39 is 0 Å². The largest absolute Gasteiger partial charge is 0.466 e. The van der Waals surface area contributed by atoms with E-state index in [1.807, 2.05) is 29.2 Å². The number of carbonyl (C=O) groups is 2. The fourth-order valence-electron chi connectivity index (χ4n) is 6.85. The molecule has 3 aliphatic rings. The summed E-state index contributed by atoms with van der Waals surface area (Å²) in [7, 11) is 0. The zero-order valence-electron chi connectivity index (χ0n) is 24.6. The van der Waals surface area contributed by atoms with Crippen molar-refractivity contribution >= 4 is 23.3 Å². The van der Waals surface area contributed by atoms with Crippen LogP contribution in [0.2, 0.25) is 0 Å². The fraction of sp³-hybridized carbons (Fsp3) is 0.412. The number of carbonyl (C=O) groups excluding carboxylic acids is 2. The molecular weight excluding hydrogens is 545 g/mol. The lowest BCUT2D eigenvalue weighted by Crippen LogP contribution is -2.39. The van der Waals surface area contributed by atoms with Crippen LogP contribution in [0.25, 0.3) is 16.9 Å². The van der Waals surface area contributed by atoms with Gasteiger partial charge in [0.2, 0.25) is 0 Å². The highest BCUT2D eigenvalue weighted by atomic mass is 19.1. The van der Waals surface area contributed by atoms with Crippen LogP contribution < -0.4 is 4.90 Å². The van der Waals surface area contributed by atoms with Crippen LogP contribution in [0.5, 0.6) is 0 Å². The molecule has 1 amide bonds. The van der Waals surface area contributed by atoms with Crippen LogP contribution in [0.4, 0.5) is 10.2 Å². The van der Waals surface area contributed by atoms with Gasteiger partial charge >= 0.3 is 5.97 Å². The van der Waals surface area contributed by atoms with E-state index in [9.17, 15) is 9.59 Å². The van der Waals surface area contributed by atoms with Gasteiger partial charge in [0.25, 0.3) is 5.91 Å². The standard InChI is InChI=1S/C34H36FN5O3/c1-3-43-33(41)18-24-16-27(24)23-10-11-26(28(35)17-23)29-19-31-36-30(20-32(40(31)37-29)38-13-6-7-14-38)34(42)39-15-12-22-8-4-5-9-25(22)21(39)2/h4-5,8-11,17,19-21,24,27H,3,6-7,12-16,18H2,1-2H3/t21-,24-,27-/m1/s1. The minimum Gasteiger partial charge on any atom is -0.466 e. The van der Waals surface area contributed by atoms with Crippen LogP contribution >= 0.6 is 0 Å². The Hall–Kier alpha value is -4.27. The summed E-state index contributed by atoms with van der Waals surface area (Å²) in [6.07, 6.45) is 4.16. The van der Waals surface area contributed by atoms with Gasteiger partial charge in [-0.15, -0.1) is 0 Å². The molecule has 1 aliphatic carbocycles.